The first-order valence-electron chi connectivity index (χ1n) is 9.60. The fourth-order valence-corrected chi connectivity index (χ4v) is 3.45. The fourth-order valence-electron chi connectivity index (χ4n) is 3.45. The number of rotatable bonds is 4. The molecule has 9 heteroatoms. The van der Waals surface area contributed by atoms with E-state index in [1.807, 2.05) is 32.6 Å². The Kier molecular flexibility index (Phi) is 4.42. The highest BCUT2D eigenvalue weighted by Crippen LogP contribution is 2.39. The van der Waals surface area contributed by atoms with Gasteiger partial charge in [0.25, 0.3) is 0 Å². The van der Waals surface area contributed by atoms with Crippen LogP contribution in [0.25, 0.3) is 6.08 Å². The van der Waals surface area contributed by atoms with Gasteiger partial charge in [0.2, 0.25) is 5.91 Å². The zero-order chi connectivity index (χ0) is 19.4. The molecule has 1 unspecified atom stereocenters. The Morgan fingerprint density at radius 1 is 1.26 bits per heavy atom. The predicted octanol–water partition coefficient (Wildman–Crippen LogP) is 2.40. The van der Waals surface area contributed by atoms with E-state index in [9.17, 15) is 9.18 Å². The van der Waals surface area contributed by atoms with Gasteiger partial charge in [0, 0.05) is 19.0 Å². The molecule has 1 aromatic rings. The highest BCUT2D eigenvalue weighted by molar-refractivity contribution is 6.54. The minimum atomic E-state index is -1.04. The van der Waals surface area contributed by atoms with Crippen LogP contribution < -0.4 is 0 Å². The zero-order valence-corrected chi connectivity index (χ0v) is 16.3. The molecule has 3 heterocycles. The first-order valence-corrected chi connectivity index (χ1v) is 9.60. The lowest BCUT2D eigenvalue weighted by molar-refractivity contribution is -0.131. The normalized spacial score (nSPS) is 27.4. The Balaban J connectivity index is 1.41. The summed E-state index contributed by atoms with van der Waals surface area (Å²) in [5, 5.41) is 8.17. The Morgan fingerprint density at radius 2 is 1.93 bits per heavy atom. The number of nitrogens with zero attached hydrogens (tertiary/aromatic N) is 4. The van der Waals surface area contributed by atoms with Crippen LogP contribution in [-0.4, -0.2) is 57.2 Å². The van der Waals surface area contributed by atoms with Crippen molar-refractivity contribution in [2.75, 3.05) is 13.1 Å². The molecule has 2 aliphatic heterocycles. The highest BCUT2D eigenvalue weighted by atomic mass is 19.1. The number of carbonyl (C=O) groups is 1. The third-order valence-electron chi connectivity index (χ3n) is 6.07. The highest BCUT2D eigenvalue weighted by Gasteiger charge is 2.53. The third-order valence-corrected chi connectivity index (χ3v) is 6.07. The number of hydrogen-bond acceptors (Lipinski definition) is 5. The van der Waals surface area contributed by atoms with Gasteiger partial charge in [0.05, 0.1) is 23.4 Å². The van der Waals surface area contributed by atoms with Gasteiger partial charge in [-0.15, -0.1) is 5.10 Å². The van der Waals surface area contributed by atoms with E-state index >= 15 is 0 Å². The monoisotopic (exact) mass is 376 g/mol. The maximum Gasteiger partial charge on any atom is 0.525 e. The second-order valence-electron chi connectivity index (χ2n) is 8.74. The first-order chi connectivity index (χ1) is 12.7. The Morgan fingerprint density at radius 3 is 2.56 bits per heavy atom. The van der Waals surface area contributed by atoms with Crippen LogP contribution in [0.3, 0.4) is 0 Å². The van der Waals surface area contributed by atoms with E-state index in [0.29, 0.717) is 12.2 Å². The Labute approximate surface area is 159 Å². The number of likely N-dealkylation sites (tertiary alicyclic amines) is 1. The van der Waals surface area contributed by atoms with E-state index in [0.717, 1.165) is 25.8 Å². The summed E-state index contributed by atoms with van der Waals surface area (Å²) in [6, 6.07) is 0.0854. The van der Waals surface area contributed by atoms with Crippen molar-refractivity contribution >= 4 is 19.1 Å². The van der Waals surface area contributed by atoms with Gasteiger partial charge in [0.1, 0.15) is 11.4 Å². The average molecular weight is 376 g/mol. The fraction of sp³-hybridized carbons (Fsp3) is 0.722. The summed E-state index contributed by atoms with van der Waals surface area (Å²) < 4.78 is 27.8. The average Bonchev–Trinajstić information content (AvgIpc) is 3.04. The van der Waals surface area contributed by atoms with E-state index < -0.39 is 24.0 Å². The molecule has 3 aliphatic rings. The van der Waals surface area contributed by atoms with E-state index in [1.165, 1.54) is 6.08 Å². The van der Waals surface area contributed by atoms with Gasteiger partial charge in [-0.3, -0.25) is 4.79 Å². The standard InChI is InChI=1S/C18H26BFN4O3/c1-17(2)18(3,4)27-19(26-17)15(20)9-13-10-24(22-21-13)14-7-8-23(11-14)16(25)12-5-6-12/h9-10,12,14H,5-8,11H2,1-4H3. The lowest BCUT2D eigenvalue weighted by Gasteiger charge is -2.32. The topological polar surface area (TPSA) is 69.5 Å². The van der Waals surface area contributed by atoms with Crippen LogP contribution in [0.15, 0.2) is 11.9 Å². The van der Waals surface area contributed by atoms with Gasteiger partial charge in [-0.2, -0.15) is 0 Å². The number of halogens is 1. The summed E-state index contributed by atoms with van der Waals surface area (Å²) in [7, 11) is -1.04. The smallest absolute Gasteiger partial charge is 0.398 e. The molecule has 0 aromatic carbocycles. The van der Waals surface area contributed by atoms with Crippen LogP contribution in [-0.2, 0) is 14.1 Å². The van der Waals surface area contributed by atoms with Crippen molar-refractivity contribution < 1.29 is 18.5 Å². The second-order valence-corrected chi connectivity index (χ2v) is 8.74. The van der Waals surface area contributed by atoms with Gasteiger partial charge < -0.3 is 14.2 Å². The van der Waals surface area contributed by atoms with Gasteiger partial charge >= 0.3 is 7.12 Å². The maximum absolute atomic E-state index is 14.6. The Bertz CT molecular complexity index is 758. The Hall–Kier alpha value is -1.74. The molecule has 0 spiro atoms. The molecule has 27 heavy (non-hydrogen) atoms. The van der Waals surface area contributed by atoms with Crippen LogP contribution in [0.5, 0.6) is 0 Å². The largest absolute Gasteiger partial charge is 0.525 e. The lowest BCUT2D eigenvalue weighted by atomic mass is 9.87. The van der Waals surface area contributed by atoms with Gasteiger partial charge in [-0.25, -0.2) is 9.07 Å². The summed E-state index contributed by atoms with van der Waals surface area (Å²) in [5.41, 5.74) is -1.31. The molecule has 1 aliphatic carbocycles. The summed E-state index contributed by atoms with van der Waals surface area (Å²) in [5.74, 6) is 0.483. The van der Waals surface area contributed by atoms with Crippen molar-refractivity contribution in [1.29, 1.82) is 0 Å². The minimum absolute atomic E-state index is 0.0854. The van der Waals surface area contributed by atoms with Crippen LogP contribution in [0.1, 0.15) is 58.7 Å². The number of aromatic nitrogens is 3. The first kappa shape index (κ1) is 18.6. The molecule has 4 rings (SSSR count). The van der Waals surface area contributed by atoms with Crippen LogP contribution in [0.4, 0.5) is 4.39 Å². The van der Waals surface area contributed by atoms with Gasteiger partial charge in [-0.1, -0.05) is 5.21 Å². The predicted molar refractivity (Wildman–Crippen MR) is 98.1 cm³/mol. The summed E-state index contributed by atoms with van der Waals surface area (Å²) in [4.78, 5) is 14.1. The van der Waals surface area contributed by atoms with Crippen molar-refractivity contribution in [1.82, 2.24) is 19.9 Å². The number of carbonyl (C=O) groups excluding carboxylic acids is 1. The van der Waals surface area contributed by atoms with Crippen molar-refractivity contribution in [3.8, 4) is 0 Å². The molecule has 1 saturated carbocycles. The molecule has 3 fully saturated rings. The molecule has 0 bridgehead atoms. The van der Waals surface area contributed by atoms with Crippen LogP contribution >= 0.6 is 0 Å². The summed E-state index contributed by atoms with van der Waals surface area (Å²) >= 11 is 0. The molecule has 1 amide bonds. The number of amides is 1. The molecule has 0 N–H and O–H groups in total. The van der Waals surface area contributed by atoms with Gasteiger partial charge in [0.15, 0.2) is 0 Å². The number of hydrogen-bond donors (Lipinski definition) is 0. The van der Waals surface area contributed by atoms with Crippen molar-refractivity contribution in [2.45, 2.75) is 64.2 Å². The van der Waals surface area contributed by atoms with Gasteiger partial charge in [-0.05, 0) is 53.0 Å². The second kappa shape index (κ2) is 6.41. The van der Waals surface area contributed by atoms with E-state index in [4.69, 9.17) is 9.31 Å². The quantitative estimate of drug-likeness (QED) is 0.755. The molecule has 7 nitrogen and oxygen atoms in total. The zero-order valence-electron chi connectivity index (χ0n) is 16.3. The lowest BCUT2D eigenvalue weighted by Crippen LogP contribution is -2.41. The molecule has 0 radical (unpaired) electrons. The summed E-state index contributed by atoms with van der Waals surface area (Å²) in [6.07, 6.45) is 5.87. The minimum Gasteiger partial charge on any atom is -0.398 e. The molecular formula is C18H26BFN4O3. The van der Waals surface area contributed by atoms with Crippen molar-refractivity contribution in [3.05, 3.63) is 17.6 Å². The molecule has 146 valence electrons. The van der Waals surface area contributed by atoms with E-state index in [2.05, 4.69) is 10.3 Å². The van der Waals surface area contributed by atoms with E-state index in [1.54, 1.807) is 10.9 Å². The SMILES string of the molecule is CC1(C)OB(C(F)=Cc2cn(C3CCN(C(=O)C4CC4)C3)nn2)OC1(C)C. The molecule has 1 atom stereocenters. The summed E-state index contributed by atoms with van der Waals surface area (Å²) in [6.45, 7) is 8.90. The third kappa shape index (κ3) is 3.54. The molecule has 2 saturated heterocycles. The molecular weight excluding hydrogens is 350 g/mol. The maximum atomic E-state index is 14.6. The van der Waals surface area contributed by atoms with Crippen LogP contribution in [0.2, 0.25) is 0 Å². The van der Waals surface area contributed by atoms with E-state index in [-0.39, 0.29) is 17.9 Å². The van der Waals surface area contributed by atoms with Crippen LogP contribution in [0, 0.1) is 5.92 Å². The van der Waals surface area contributed by atoms with Crippen molar-refractivity contribution in [3.63, 3.8) is 0 Å². The van der Waals surface area contributed by atoms with Crippen molar-refractivity contribution in [2.24, 2.45) is 5.92 Å². The molecule has 1 aromatic heterocycles.